The van der Waals surface area contributed by atoms with Gasteiger partial charge in [0.1, 0.15) is 0 Å². The van der Waals surface area contributed by atoms with E-state index >= 15 is 0 Å². The fraction of sp³-hybridized carbons (Fsp3) is 0.706. The van der Waals surface area contributed by atoms with Gasteiger partial charge in [-0.2, -0.15) is 4.31 Å². The Labute approximate surface area is 154 Å². The Hall–Kier alpha value is -0.960. The van der Waals surface area contributed by atoms with Crippen LogP contribution < -0.4 is 5.32 Å². The van der Waals surface area contributed by atoms with Crippen LogP contribution in [-0.4, -0.2) is 62.0 Å². The lowest BCUT2D eigenvalue weighted by molar-refractivity contribution is -0.121. The summed E-state index contributed by atoms with van der Waals surface area (Å²) in [4.78, 5) is 16.0. The normalized spacial score (nSPS) is 23.6. The highest BCUT2D eigenvalue weighted by Crippen LogP contribution is 2.29. The van der Waals surface area contributed by atoms with Crippen LogP contribution in [0.4, 0.5) is 0 Å². The summed E-state index contributed by atoms with van der Waals surface area (Å²) in [5, 5.41) is 5.03. The van der Waals surface area contributed by atoms with Crippen LogP contribution in [0, 0.1) is 5.92 Å². The van der Waals surface area contributed by atoms with Crippen molar-refractivity contribution in [3.05, 3.63) is 22.4 Å². The van der Waals surface area contributed by atoms with Crippen LogP contribution in [0.25, 0.3) is 0 Å². The minimum atomic E-state index is -3.23. The summed E-state index contributed by atoms with van der Waals surface area (Å²) in [5.41, 5.74) is 0. The molecule has 25 heavy (non-hydrogen) atoms. The Kier molecular flexibility index (Phi) is 6.14. The van der Waals surface area contributed by atoms with E-state index in [4.69, 9.17) is 0 Å². The molecule has 1 atom stereocenters. The summed E-state index contributed by atoms with van der Waals surface area (Å²) in [6.07, 6.45) is 2.98. The maximum Gasteiger partial charge on any atom is 0.235 e. The van der Waals surface area contributed by atoms with Crippen LogP contribution in [0.3, 0.4) is 0 Å². The van der Waals surface area contributed by atoms with Crippen molar-refractivity contribution >= 4 is 27.3 Å². The Morgan fingerprint density at radius 2 is 2.12 bits per heavy atom. The number of hydrogen-bond acceptors (Lipinski definition) is 5. The van der Waals surface area contributed by atoms with Crippen molar-refractivity contribution in [1.82, 2.24) is 14.5 Å². The zero-order chi connectivity index (χ0) is 17.9. The van der Waals surface area contributed by atoms with Crippen LogP contribution in [0.15, 0.2) is 17.5 Å². The van der Waals surface area contributed by atoms with Crippen LogP contribution >= 0.6 is 11.3 Å². The number of nitrogens with one attached hydrogen (secondary N) is 1. The number of carbonyl (C=O) groups is 1. The van der Waals surface area contributed by atoms with Crippen molar-refractivity contribution in [3.8, 4) is 0 Å². The van der Waals surface area contributed by atoms with Gasteiger partial charge in [-0.3, -0.25) is 9.69 Å². The summed E-state index contributed by atoms with van der Waals surface area (Å²) in [7, 11) is -3.23. The fourth-order valence-corrected chi connectivity index (χ4v) is 5.86. The molecule has 0 aliphatic carbocycles. The van der Waals surface area contributed by atoms with Gasteiger partial charge in [0.25, 0.3) is 0 Å². The Bertz CT molecular complexity index is 667. The van der Waals surface area contributed by atoms with E-state index in [1.165, 1.54) is 22.0 Å². The first-order chi connectivity index (χ1) is 12.0. The number of carbonyl (C=O) groups excluding carboxylic acids is 1. The third-order valence-electron chi connectivity index (χ3n) is 5.15. The molecule has 1 aromatic heterocycles. The maximum atomic E-state index is 12.3. The molecule has 2 aliphatic heterocycles. The third-order valence-corrected chi connectivity index (χ3v) is 8.02. The largest absolute Gasteiger partial charge is 0.353 e. The summed E-state index contributed by atoms with van der Waals surface area (Å²) >= 11 is 1.71. The molecule has 0 saturated carbocycles. The average molecular weight is 386 g/mol. The summed E-state index contributed by atoms with van der Waals surface area (Å²) in [6.45, 7) is 5.29. The van der Waals surface area contributed by atoms with Crippen LogP contribution in [0.5, 0.6) is 0 Å². The topological polar surface area (TPSA) is 69.7 Å². The molecular formula is C17H27N3O3S2. The maximum absolute atomic E-state index is 12.3. The zero-order valence-electron chi connectivity index (χ0n) is 14.7. The number of rotatable bonds is 6. The molecule has 8 heteroatoms. The first-order valence-corrected chi connectivity index (χ1v) is 11.5. The monoisotopic (exact) mass is 385 g/mol. The molecule has 2 saturated heterocycles. The van der Waals surface area contributed by atoms with Crippen molar-refractivity contribution in [3.63, 3.8) is 0 Å². The van der Waals surface area contributed by atoms with Gasteiger partial charge in [-0.05, 0) is 49.7 Å². The summed E-state index contributed by atoms with van der Waals surface area (Å²) in [5.74, 6) is 0.706. The van der Waals surface area contributed by atoms with E-state index in [1.807, 2.05) is 6.07 Å². The van der Waals surface area contributed by atoms with Crippen LogP contribution in [0.2, 0.25) is 0 Å². The molecule has 0 radical (unpaired) electrons. The fourth-order valence-electron chi connectivity index (χ4n) is 3.53. The van der Waals surface area contributed by atoms with E-state index in [1.54, 1.807) is 11.3 Å². The van der Waals surface area contributed by atoms with Gasteiger partial charge in [-0.1, -0.05) is 13.0 Å². The molecule has 2 aliphatic rings. The minimum absolute atomic E-state index is 0.0590. The van der Waals surface area contributed by atoms with Crippen LogP contribution in [-0.2, 0) is 14.8 Å². The standard InChI is InChI=1S/C17H27N3O3S2/c1-14-5-8-19(9-6-14)15(16-4-2-10-24-16)12-18-17(21)13-20-7-3-11-25(20,22)23/h2,4,10,14-15H,3,5-9,11-13H2,1H3,(H,18,21). The Balaban J connectivity index is 1.58. The highest BCUT2D eigenvalue weighted by molar-refractivity contribution is 7.89. The lowest BCUT2D eigenvalue weighted by atomic mass is 9.97. The molecule has 0 aromatic carbocycles. The third kappa shape index (κ3) is 4.81. The van der Waals surface area contributed by atoms with E-state index in [-0.39, 0.29) is 24.2 Å². The SMILES string of the molecule is CC1CCN(C(CNC(=O)CN2CCCS2(=O)=O)c2cccs2)CC1. The van der Waals surface area contributed by atoms with Gasteiger partial charge in [0.05, 0.1) is 18.3 Å². The predicted octanol–water partition coefficient (Wildman–Crippen LogP) is 1.67. The van der Waals surface area contributed by atoms with Gasteiger partial charge in [-0.15, -0.1) is 11.3 Å². The first kappa shape index (κ1) is 18.8. The number of sulfonamides is 1. The van der Waals surface area contributed by atoms with Gasteiger partial charge in [0, 0.05) is 18.0 Å². The Morgan fingerprint density at radius 3 is 2.72 bits per heavy atom. The number of hydrogen-bond donors (Lipinski definition) is 1. The molecule has 1 amide bonds. The first-order valence-electron chi connectivity index (χ1n) is 8.97. The quantitative estimate of drug-likeness (QED) is 0.809. The smallest absolute Gasteiger partial charge is 0.235 e. The van der Waals surface area contributed by atoms with Crippen LogP contribution in [0.1, 0.15) is 37.1 Å². The van der Waals surface area contributed by atoms with Gasteiger partial charge < -0.3 is 5.32 Å². The highest BCUT2D eigenvalue weighted by atomic mass is 32.2. The second kappa shape index (κ2) is 8.16. The number of likely N-dealkylation sites (tertiary alicyclic amines) is 1. The minimum Gasteiger partial charge on any atom is -0.353 e. The second-order valence-electron chi connectivity index (χ2n) is 7.06. The van der Waals surface area contributed by atoms with E-state index < -0.39 is 10.0 Å². The molecule has 3 rings (SSSR count). The van der Waals surface area contributed by atoms with Crippen molar-refractivity contribution in [1.29, 1.82) is 0 Å². The molecule has 1 N–H and O–H groups in total. The number of piperidine rings is 1. The lowest BCUT2D eigenvalue weighted by Gasteiger charge is -2.36. The molecule has 0 spiro atoms. The zero-order valence-corrected chi connectivity index (χ0v) is 16.3. The molecule has 1 aromatic rings. The summed E-state index contributed by atoms with van der Waals surface area (Å²) < 4.78 is 25.0. The Morgan fingerprint density at radius 1 is 1.36 bits per heavy atom. The van der Waals surface area contributed by atoms with Gasteiger partial charge >= 0.3 is 0 Å². The number of nitrogens with zero attached hydrogens (tertiary/aromatic N) is 2. The molecule has 6 nitrogen and oxygen atoms in total. The molecule has 140 valence electrons. The molecule has 2 fully saturated rings. The van der Waals surface area contributed by atoms with Crippen molar-refractivity contribution in [2.45, 2.75) is 32.2 Å². The lowest BCUT2D eigenvalue weighted by Crippen LogP contribution is -2.44. The summed E-state index contributed by atoms with van der Waals surface area (Å²) in [6, 6.07) is 4.33. The highest BCUT2D eigenvalue weighted by Gasteiger charge is 2.30. The molecule has 1 unspecified atom stereocenters. The van der Waals surface area contributed by atoms with Gasteiger partial charge in [0.2, 0.25) is 15.9 Å². The van der Waals surface area contributed by atoms with Crippen molar-refractivity contribution < 1.29 is 13.2 Å². The van der Waals surface area contributed by atoms with Crippen molar-refractivity contribution in [2.75, 3.05) is 38.5 Å². The van der Waals surface area contributed by atoms with E-state index in [9.17, 15) is 13.2 Å². The van der Waals surface area contributed by atoms with E-state index in [0.29, 0.717) is 19.5 Å². The van der Waals surface area contributed by atoms with Gasteiger partial charge in [0.15, 0.2) is 0 Å². The van der Waals surface area contributed by atoms with E-state index in [0.717, 1.165) is 19.0 Å². The van der Waals surface area contributed by atoms with Crippen molar-refractivity contribution in [2.24, 2.45) is 5.92 Å². The molecule has 3 heterocycles. The number of amides is 1. The van der Waals surface area contributed by atoms with Gasteiger partial charge in [-0.25, -0.2) is 8.42 Å². The number of thiophene rings is 1. The molecular weight excluding hydrogens is 358 g/mol. The average Bonchev–Trinajstić information content (AvgIpc) is 3.20. The van der Waals surface area contributed by atoms with E-state index in [2.05, 4.69) is 28.6 Å². The predicted molar refractivity (Wildman–Crippen MR) is 100 cm³/mol. The molecule has 0 bridgehead atoms. The second-order valence-corrected chi connectivity index (χ2v) is 10.1.